The summed E-state index contributed by atoms with van der Waals surface area (Å²) in [5.41, 5.74) is 3.60. The fourth-order valence-corrected chi connectivity index (χ4v) is 3.19. The van der Waals surface area contributed by atoms with E-state index in [0.717, 1.165) is 29.4 Å². The number of benzene rings is 2. The molecule has 0 saturated heterocycles. The van der Waals surface area contributed by atoms with Crippen molar-refractivity contribution in [2.45, 2.75) is 18.0 Å². The van der Waals surface area contributed by atoms with Crippen LogP contribution in [0.25, 0.3) is 5.69 Å². The van der Waals surface area contributed by atoms with Crippen molar-refractivity contribution in [3.8, 4) is 11.4 Å². The molecule has 0 unspecified atom stereocenters. The summed E-state index contributed by atoms with van der Waals surface area (Å²) in [7, 11) is 1.72. The summed E-state index contributed by atoms with van der Waals surface area (Å²) < 4.78 is 7.49. The highest BCUT2D eigenvalue weighted by atomic mass is 32.2. The van der Waals surface area contributed by atoms with Gasteiger partial charge in [-0.2, -0.15) is 0 Å². The standard InChI is InChI=1S/C19H21N3OS/c1-23-18-11-15(7-8-19(18)24-2)12-21-13-16-5-3-4-6-17(16)22-10-9-20-14-22/h3-11,14,21H,12-13H2,1-2H3. The van der Waals surface area contributed by atoms with Gasteiger partial charge in [-0.05, 0) is 35.6 Å². The van der Waals surface area contributed by atoms with Gasteiger partial charge in [0.15, 0.2) is 0 Å². The SMILES string of the molecule is COc1cc(CNCc2ccccc2-n2ccnc2)ccc1SC. The van der Waals surface area contributed by atoms with Gasteiger partial charge in [-0.3, -0.25) is 0 Å². The highest BCUT2D eigenvalue weighted by molar-refractivity contribution is 7.98. The summed E-state index contributed by atoms with van der Waals surface area (Å²) in [5.74, 6) is 0.931. The molecule has 1 N–H and O–H groups in total. The van der Waals surface area contributed by atoms with E-state index in [1.165, 1.54) is 11.1 Å². The van der Waals surface area contributed by atoms with Gasteiger partial charge in [0.1, 0.15) is 5.75 Å². The van der Waals surface area contributed by atoms with E-state index in [2.05, 4.69) is 53.0 Å². The van der Waals surface area contributed by atoms with Crippen LogP contribution < -0.4 is 10.1 Å². The average molecular weight is 339 g/mol. The van der Waals surface area contributed by atoms with Crippen molar-refractivity contribution >= 4 is 11.8 Å². The Bertz CT molecular complexity index is 787. The summed E-state index contributed by atoms with van der Waals surface area (Å²) in [6.07, 6.45) is 7.64. The van der Waals surface area contributed by atoms with E-state index in [-0.39, 0.29) is 0 Å². The van der Waals surface area contributed by atoms with Gasteiger partial charge in [-0.25, -0.2) is 4.98 Å². The normalized spacial score (nSPS) is 10.8. The second-order valence-electron chi connectivity index (χ2n) is 5.39. The van der Waals surface area contributed by atoms with E-state index in [9.17, 15) is 0 Å². The van der Waals surface area contributed by atoms with Crippen molar-refractivity contribution in [3.05, 3.63) is 72.3 Å². The number of para-hydroxylation sites is 1. The lowest BCUT2D eigenvalue weighted by molar-refractivity contribution is 0.404. The quantitative estimate of drug-likeness (QED) is 0.663. The third-order valence-electron chi connectivity index (χ3n) is 3.87. The number of aromatic nitrogens is 2. The fourth-order valence-electron chi connectivity index (χ4n) is 2.65. The zero-order chi connectivity index (χ0) is 16.8. The number of hydrogen-bond donors (Lipinski definition) is 1. The lowest BCUT2D eigenvalue weighted by Gasteiger charge is -2.12. The number of rotatable bonds is 7. The smallest absolute Gasteiger partial charge is 0.132 e. The number of nitrogens with one attached hydrogen (secondary N) is 1. The van der Waals surface area contributed by atoms with Gasteiger partial charge in [0.25, 0.3) is 0 Å². The maximum Gasteiger partial charge on any atom is 0.132 e. The molecular weight excluding hydrogens is 318 g/mol. The van der Waals surface area contributed by atoms with Crippen LogP contribution in [0.2, 0.25) is 0 Å². The minimum atomic E-state index is 0.793. The van der Waals surface area contributed by atoms with Gasteiger partial charge in [-0.15, -0.1) is 11.8 Å². The maximum atomic E-state index is 5.45. The van der Waals surface area contributed by atoms with Crippen LogP contribution in [0.5, 0.6) is 5.75 Å². The Labute approximate surface area is 146 Å². The molecule has 5 heteroatoms. The molecule has 0 aliphatic rings. The Morgan fingerprint density at radius 3 is 2.79 bits per heavy atom. The van der Waals surface area contributed by atoms with E-state index in [1.54, 1.807) is 25.1 Å². The van der Waals surface area contributed by atoms with E-state index in [1.807, 2.05) is 23.2 Å². The molecule has 0 aliphatic carbocycles. The van der Waals surface area contributed by atoms with Crippen molar-refractivity contribution in [1.82, 2.24) is 14.9 Å². The zero-order valence-electron chi connectivity index (χ0n) is 13.9. The van der Waals surface area contributed by atoms with Gasteiger partial charge in [0.2, 0.25) is 0 Å². The van der Waals surface area contributed by atoms with Crippen molar-refractivity contribution in [2.24, 2.45) is 0 Å². The van der Waals surface area contributed by atoms with Gasteiger partial charge < -0.3 is 14.6 Å². The van der Waals surface area contributed by atoms with Crippen LogP contribution in [0.4, 0.5) is 0 Å². The number of hydrogen-bond acceptors (Lipinski definition) is 4. The molecule has 2 aromatic carbocycles. The Morgan fingerprint density at radius 1 is 1.17 bits per heavy atom. The van der Waals surface area contributed by atoms with Crippen molar-refractivity contribution in [3.63, 3.8) is 0 Å². The first kappa shape index (κ1) is 16.6. The first-order valence-electron chi connectivity index (χ1n) is 7.79. The molecule has 0 aliphatic heterocycles. The number of thioether (sulfide) groups is 1. The van der Waals surface area contributed by atoms with Crippen LogP contribution in [0.1, 0.15) is 11.1 Å². The summed E-state index contributed by atoms with van der Waals surface area (Å²) in [6, 6.07) is 14.7. The van der Waals surface area contributed by atoms with Crippen molar-refractivity contribution < 1.29 is 4.74 Å². The minimum Gasteiger partial charge on any atom is -0.496 e. The van der Waals surface area contributed by atoms with Crippen LogP contribution >= 0.6 is 11.8 Å². The molecule has 0 fully saturated rings. The van der Waals surface area contributed by atoms with E-state index in [0.29, 0.717) is 0 Å². The molecule has 0 amide bonds. The largest absolute Gasteiger partial charge is 0.496 e. The molecule has 4 nitrogen and oxygen atoms in total. The number of imidazole rings is 1. The zero-order valence-corrected chi connectivity index (χ0v) is 14.7. The molecule has 0 spiro atoms. The van der Waals surface area contributed by atoms with E-state index >= 15 is 0 Å². The van der Waals surface area contributed by atoms with Gasteiger partial charge in [0.05, 0.1) is 19.1 Å². The molecule has 0 radical (unpaired) electrons. The third kappa shape index (κ3) is 3.80. The first-order valence-corrected chi connectivity index (χ1v) is 9.02. The lowest BCUT2D eigenvalue weighted by Crippen LogP contribution is -2.14. The third-order valence-corrected chi connectivity index (χ3v) is 4.64. The topological polar surface area (TPSA) is 39.1 Å². The second-order valence-corrected chi connectivity index (χ2v) is 6.24. The van der Waals surface area contributed by atoms with E-state index in [4.69, 9.17) is 4.74 Å². The number of methoxy groups -OCH3 is 1. The molecule has 124 valence electrons. The Kier molecular flexibility index (Phi) is 5.56. The molecule has 3 aromatic rings. The van der Waals surface area contributed by atoms with Crippen LogP contribution in [-0.2, 0) is 13.1 Å². The second kappa shape index (κ2) is 8.04. The van der Waals surface area contributed by atoms with Crippen LogP contribution in [-0.4, -0.2) is 22.9 Å². The number of ether oxygens (including phenoxy) is 1. The summed E-state index contributed by atoms with van der Waals surface area (Å²) >= 11 is 1.70. The summed E-state index contributed by atoms with van der Waals surface area (Å²) in [4.78, 5) is 5.29. The molecule has 3 rings (SSSR count). The van der Waals surface area contributed by atoms with Crippen LogP contribution in [0.3, 0.4) is 0 Å². The lowest BCUT2D eigenvalue weighted by atomic mass is 10.1. The Morgan fingerprint density at radius 2 is 2.04 bits per heavy atom. The summed E-state index contributed by atoms with van der Waals surface area (Å²) in [6.45, 7) is 1.59. The average Bonchev–Trinajstić information content (AvgIpc) is 3.16. The fraction of sp³-hybridized carbons (Fsp3) is 0.211. The highest BCUT2D eigenvalue weighted by Crippen LogP contribution is 2.28. The Balaban J connectivity index is 1.67. The Hall–Kier alpha value is -2.24. The monoisotopic (exact) mass is 339 g/mol. The molecule has 1 aromatic heterocycles. The molecule has 0 saturated carbocycles. The number of nitrogens with zero attached hydrogens (tertiary/aromatic N) is 2. The molecule has 0 atom stereocenters. The van der Waals surface area contributed by atoms with Crippen LogP contribution in [0.15, 0.2) is 66.1 Å². The first-order chi connectivity index (χ1) is 11.8. The molecular formula is C19H21N3OS. The summed E-state index contributed by atoms with van der Waals surface area (Å²) in [5, 5.41) is 3.51. The maximum absolute atomic E-state index is 5.45. The minimum absolute atomic E-state index is 0.793. The molecule has 0 bridgehead atoms. The predicted octanol–water partition coefficient (Wildman–Crippen LogP) is 3.89. The van der Waals surface area contributed by atoms with Crippen molar-refractivity contribution in [2.75, 3.05) is 13.4 Å². The highest BCUT2D eigenvalue weighted by Gasteiger charge is 2.05. The van der Waals surface area contributed by atoms with E-state index < -0.39 is 0 Å². The molecule has 24 heavy (non-hydrogen) atoms. The molecule has 1 heterocycles. The van der Waals surface area contributed by atoms with Gasteiger partial charge in [0, 0.05) is 30.4 Å². The van der Waals surface area contributed by atoms with Gasteiger partial charge in [-0.1, -0.05) is 24.3 Å². The predicted molar refractivity (Wildman–Crippen MR) is 98.9 cm³/mol. The van der Waals surface area contributed by atoms with Gasteiger partial charge >= 0.3 is 0 Å². The van der Waals surface area contributed by atoms with Crippen molar-refractivity contribution in [1.29, 1.82) is 0 Å². The van der Waals surface area contributed by atoms with Crippen LogP contribution in [0, 0.1) is 0 Å².